The number of benzene rings is 5. The molecule has 0 aliphatic heterocycles. The fourth-order valence-corrected chi connectivity index (χ4v) is 5.06. The van der Waals surface area contributed by atoms with Gasteiger partial charge in [0.1, 0.15) is 0 Å². The lowest BCUT2D eigenvalue weighted by Crippen LogP contribution is -2.49. The van der Waals surface area contributed by atoms with Gasteiger partial charge >= 0.3 is 7.48 Å². The summed E-state index contributed by atoms with van der Waals surface area (Å²) in [7, 11) is 0.385. The smallest absolute Gasteiger partial charge is 0.310 e. The summed E-state index contributed by atoms with van der Waals surface area (Å²) in [6, 6.07) is 43.7. The standard InChI is InChI=1S/C38H35BN2O2/c1-37(2,42)38(3,4)43-39-33-24-23-32(30-17-11-12-18-31(30)33)35-25-34(40-36(41-35)29-15-9-6-10-16-29)28-21-19-27(20-22-28)26-13-7-5-8-14-26/h5-25,39,42H,1-4H3. The molecule has 0 radical (unpaired) electrons. The van der Waals surface area contributed by atoms with Crippen molar-refractivity contribution < 1.29 is 9.76 Å². The minimum absolute atomic E-state index is 0.385. The molecule has 5 aromatic carbocycles. The van der Waals surface area contributed by atoms with Crippen LogP contribution in [0.25, 0.3) is 55.8 Å². The zero-order chi connectivity index (χ0) is 30.0. The summed E-state index contributed by atoms with van der Waals surface area (Å²) in [5.41, 5.74) is 6.47. The highest BCUT2D eigenvalue weighted by Crippen LogP contribution is 2.33. The average molecular weight is 563 g/mol. The second-order valence-corrected chi connectivity index (χ2v) is 11.9. The highest BCUT2D eigenvalue weighted by atomic mass is 16.5. The van der Waals surface area contributed by atoms with Gasteiger partial charge in [0.2, 0.25) is 0 Å². The van der Waals surface area contributed by atoms with Crippen LogP contribution in [-0.2, 0) is 4.65 Å². The van der Waals surface area contributed by atoms with Gasteiger partial charge in [-0.2, -0.15) is 0 Å². The summed E-state index contributed by atoms with van der Waals surface area (Å²) in [6.07, 6.45) is 0. The molecule has 0 fully saturated rings. The van der Waals surface area contributed by atoms with Gasteiger partial charge in [-0.3, -0.25) is 0 Å². The fourth-order valence-electron chi connectivity index (χ4n) is 5.06. The van der Waals surface area contributed by atoms with E-state index in [9.17, 15) is 5.11 Å². The monoisotopic (exact) mass is 562 g/mol. The van der Waals surface area contributed by atoms with Crippen LogP contribution in [0, 0.1) is 0 Å². The summed E-state index contributed by atoms with van der Waals surface area (Å²) in [4.78, 5) is 10.1. The van der Waals surface area contributed by atoms with E-state index in [2.05, 4.69) is 84.9 Å². The Morgan fingerprint density at radius 1 is 0.558 bits per heavy atom. The van der Waals surface area contributed by atoms with E-state index in [4.69, 9.17) is 14.6 Å². The van der Waals surface area contributed by atoms with E-state index in [1.807, 2.05) is 56.3 Å². The van der Waals surface area contributed by atoms with Crippen LogP contribution in [0.4, 0.5) is 0 Å². The normalized spacial score (nSPS) is 11.9. The third kappa shape index (κ3) is 6.01. The van der Waals surface area contributed by atoms with Crippen molar-refractivity contribution in [2.24, 2.45) is 0 Å². The van der Waals surface area contributed by atoms with Crippen LogP contribution in [0.1, 0.15) is 27.7 Å². The van der Waals surface area contributed by atoms with Gasteiger partial charge in [-0.1, -0.05) is 121 Å². The van der Waals surface area contributed by atoms with Crippen molar-refractivity contribution in [2.45, 2.75) is 38.9 Å². The first-order valence-corrected chi connectivity index (χ1v) is 14.7. The minimum Gasteiger partial charge on any atom is -0.427 e. The van der Waals surface area contributed by atoms with Crippen molar-refractivity contribution in [1.29, 1.82) is 0 Å². The Labute approximate surface area is 254 Å². The second kappa shape index (κ2) is 11.6. The molecule has 0 atom stereocenters. The molecule has 43 heavy (non-hydrogen) atoms. The van der Waals surface area contributed by atoms with Crippen LogP contribution < -0.4 is 5.46 Å². The summed E-state index contributed by atoms with van der Waals surface area (Å²) >= 11 is 0. The van der Waals surface area contributed by atoms with Crippen molar-refractivity contribution >= 4 is 23.7 Å². The number of rotatable bonds is 8. The van der Waals surface area contributed by atoms with Gasteiger partial charge in [-0.25, -0.2) is 9.97 Å². The molecule has 6 aromatic rings. The zero-order valence-corrected chi connectivity index (χ0v) is 25.1. The van der Waals surface area contributed by atoms with Crippen molar-refractivity contribution in [3.63, 3.8) is 0 Å². The second-order valence-electron chi connectivity index (χ2n) is 11.9. The van der Waals surface area contributed by atoms with Crippen LogP contribution in [0.2, 0.25) is 0 Å². The van der Waals surface area contributed by atoms with E-state index in [1.165, 1.54) is 11.1 Å². The first kappa shape index (κ1) is 28.5. The summed E-state index contributed by atoms with van der Waals surface area (Å²) in [5.74, 6) is 0.684. The molecular formula is C38H35BN2O2. The summed E-state index contributed by atoms with van der Waals surface area (Å²) in [5, 5.41) is 12.8. The number of fused-ring (bicyclic) bond motifs is 1. The maximum absolute atomic E-state index is 10.6. The molecule has 0 aliphatic rings. The Bertz CT molecular complexity index is 1860. The van der Waals surface area contributed by atoms with Crippen LogP contribution in [-0.4, -0.2) is 33.8 Å². The van der Waals surface area contributed by atoms with Crippen LogP contribution in [0.5, 0.6) is 0 Å². The number of hydrogen-bond donors (Lipinski definition) is 1. The molecule has 1 heterocycles. The maximum Gasteiger partial charge on any atom is 0.310 e. The molecule has 0 saturated carbocycles. The summed E-state index contributed by atoms with van der Waals surface area (Å²) in [6.45, 7) is 7.40. The largest absolute Gasteiger partial charge is 0.427 e. The van der Waals surface area contributed by atoms with E-state index in [1.54, 1.807) is 13.8 Å². The number of aromatic nitrogens is 2. The topological polar surface area (TPSA) is 55.2 Å². The highest BCUT2D eigenvalue weighted by Gasteiger charge is 2.35. The van der Waals surface area contributed by atoms with Crippen molar-refractivity contribution in [3.05, 3.63) is 127 Å². The van der Waals surface area contributed by atoms with E-state index in [-0.39, 0.29) is 0 Å². The van der Waals surface area contributed by atoms with Crippen LogP contribution in [0.15, 0.2) is 127 Å². The quantitative estimate of drug-likeness (QED) is 0.192. The molecule has 0 saturated heterocycles. The Morgan fingerprint density at radius 3 is 1.74 bits per heavy atom. The van der Waals surface area contributed by atoms with Gasteiger partial charge < -0.3 is 9.76 Å². The van der Waals surface area contributed by atoms with E-state index < -0.39 is 11.2 Å². The molecule has 5 heteroatoms. The predicted octanol–water partition coefficient (Wildman–Crippen LogP) is 7.84. The molecule has 6 rings (SSSR count). The molecule has 4 nitrogen and oxygen atoms in total. The van der Waals surface area contributed by atoms with Gasteiger partial charge in [0.25, 0.3) is 0 Å². The zero-order valence-electron chi connectivity index (χ0n) is 25.1. The molecule has 0 spiro atoms. The molecular weight excluding hydrogens is 527 g/mol. The molecule has 0 unspecified atom stereocenters. The first-order chi connectivity index (χ1) is 20.7. The van der Waals surface area contributed by atoms with Gasteiger partial charge in [-0.05, 0) is 61.1 Å². The fraction of sp³-hybridized carbons (Fsp3) is 0.158. The molecule has 0 amide bonds. The third-order valence-corrected chi connectivity index (χ3v) is 8.40. The third-order valence-electron chi connectivity index (χ3n) is 8.40. The molecule has 0 bridgehead atoms. The SMILES string of the molecule is CC(C)(O)C(C)(C)OBc1ccc(-c2cc(-c3ccc(-c4ccccc4)cc3)nc(-c3ccccc3)n2)c2ccccc12. The van der Waals surface area contributed by atoms with Crippen LogP contribution in [0.3, 0.4) is 0 Å². The number of aliphatic hydroxyl groups is 1. The molecule has 1 aromatic heterocycles. The Balaban J connectivity index is 1.44. The van der Waals surface area contributed by atoms with E-state index >= 15 is 0 Å². The minimum atomic E-state index is -0.979. The highest BCUT2D eigenvalue weighted by molar-refractivity contribution is 6.51. The van der Waals surface area contributed by atoms with Crippen molar-refractivity contribution in [2.75, 3.05) is 0 Å². The lowest BCUT2D eigenvalue weighted by Gasteiger charge is -2.37. The molecule has 0 aliphatic carbocycles. The summed E-state index contributed by atoms with van der Waals surface area (Å²) < 4.78 is 6.25. The van der Waals surface area contributed by atoms with E-state index in [0.29, 0.717) is 13.3 Å². The molecule has 1 N–H and O–H groups in total. The number of hydrogen-bond acceptors (Lipinski definition) is 4. The van der Waals surface area contributed by atoms with Gasteiger partial charge in [-0.15, -0.1) is 0 Å². The maximum atomic E-state index is 10.6. The number of nitrogens with zero attached hydrogens (tertiary/aromatic N) is 2. The van der Waals surface area contributed by atoms with Crippen molar-refractivity contribution in [1.82, 2.24) is 9.97 Å². The van der Waals surface area contributed by atoms with Crippen molar-refractivity contribution in [3.8, 4) is 45.0 Å². The van der Waals surface area contributed by atoms with E-state index in [0.717, 1.165) is 44.3 Å². The van der Waals surface area contributed by atoms with Gasteiger partial charge in [0.05, 0.1) is 22.6 Å². The van der Waals surface area contributed by atoms with Gasteiger partial charge in [0.15, 0.2) is 5.82 Å². The lowest BCUT2D eigenvalue weighted by molar-refractivity contribution is -0.0893. The predicted molar refractivity (Wildman–Crippen MR) is 180 cm³/mol. The molecule has 212 valence electrons. The Morgan fingerprint density at radius 2 is 1.09 bits per heavy atom. The van der Waals surface area contributed by atoms with Gasteiger partial charge in [0, 0.05) is 16.7 Å². The lowest BCUT2D eigenvalue weighted by atomic mass is 9.79. The Hall–Kier alpha value is -4.58. The Kier molecular flexibility index (Phi) is 7.70. The van der Waals surface area contributed by atoms with Crippen LogP contribution >= 0.6 is 0 Å². The average Bonchev–Trinajstić information content (AvgIpc) is 3.04. The first-order valence-electron chi connectivity index (χ1n) is 14.7.